The quantitative estimate of drug-likeness (QED) is 0.863. The van der Waals surface area contributed by atoms with Gasteiger partial charge in [0, 0.05) is 5.54 Å². The smallest absolute Gasteiger partial charge is 0.410 e. The van der Waals surface area contributed by atoms with Crippen LogP contribution in [0.5, 0.6) is 0 Å². The molecule has 0 heterocycles. The van der Waals surface area contributed by atoms with E-state index in [-0.39, 0.29) is 13.2 Å². The van der Waals surface area contributed by atoms with Crippen LogP contribution in [0.4, 0.5) is 4.79 Å². The van der Waals surface area contributed by atoms with Crippen molar-refractivity contribution in [3.8, 4) is 0 Å². The number of nitrogens with zero attached hydrogens (tertiary/aromatic N) is 1. The molecule has 20 heavy (non-hydrogen) atoms. The van der Waals surface area contributed by atoms with Crippen LogP contribution in [-0.4, -0.2) is 46.0 Å². The average Bonchev–Trinajstić information content (AvgIpc) is 2.41. The molecule has 0 aliphatic carbocycles. The van der Waals surface area contributed by atoms with Crippen LogP contribution in [0.25, 0.3) is 0 Å². The maximum atomic E-state index is 12.1. The number of aliphatic hydroxyl groups is 2. The van der Waals surface area contributed by atoms with Crippen molar-refractivity contribution in [3.05, 3.63) is 35.9 Å². The number of β-amino-alcohol motifs (C(OH)–C–C–N with tert-alkyl or cyclic N) is 1. The molecule has 0 unspecified atom stereocenters. The zero-order chi connectivity index (χ0) is 15.2. The fourth-order valence-electron chi connectivity index (χ4n) is 1.69. The van der Waals surface area contributed by atoms with E-state index in [0.29, 0.717) is 0 Å². The molecular formula is C15H23NO4. The van der Waals surface area contributed by atoms with Crippen LogP contribution < -0.4 is 0 Å². The molecule has 5 nitrogen and oxygen atoms in total. The number of hydrogen-bond donors (Lipinski definition) is 2. The molecule has 0 saturated heterocycles. The van der Waals surface area contributed by atoms with E-state index in [9.17, 15) is 9.90 Å². The Labute approximate surface area is 119 Å². The number of amides is 1. The molecule has 1 aromatic carbocycles. The van der Waals surface area contributed by atoms with Gasteiger partial charge in [0.15, 0.2) is 0 Å². The first-order valence-electron chi connectivity index (χ1n) is 6.62. The predicted molar refractivity (Wildman–Crippen MR) is 76.2 cm³/mol. The second-order valence-electron chi connectivity index (χ2n) is 5.66. The summed E-state index contributed by atoms with van der Waals surface area (Å²) in [4.78, 5) is 13.5. The van der Waals surface area contributed by atoms with E-state index in [1.54, 1.807) is 0 Å². The van der Waals surface area contributed by atoms with Crippen LogP contribution in [-0.2, 0) is 11.3 Å². The molecule has 0 fully saturated rings. The summed E-state index contributed by atoms with van der Waals surface area (Å²) >= 11 is 0. The van der Waals surface area contributed by atoms with Gasteiger partial charge in [-0.15, -0.1) is 0 Å². The first-order chi connectivity index (χ1) is 9.34. The maximum Gasteiger partial charge on any atom is 0.410 e. The van der Waals surface area contributed by atoms with E-state index in [4.69, 9.17) is 9.84 Å². The van der Waals surface area contributed by atoms with Gasteiger partial charge < -0.3 is 19.8 Å². The van der Waals surface area contributed by atoms with Crippen LogP contribution in [0.1, 0.15) is 26.3 Å². The minimum Gasteiger partial charge on any atom is -0.445 e. The van der Waals surface area contributed by atoms with Gasteiger partial charge in [0.25, 0.3) is 0 Å². The van der Waals surface area contributed by atoms with Gasteiger partial charge in [-0.1, -0.05) is 30.3 Å². The van der Waals surface area contributed by atoms with Gasteiger partial charge in [0.2, 0.25) is 0 Å². The van der Waals surface area contributed by atoms with Crippen molar-refractivity contribution < 1.29 is 19.7 Å². The number of rotatable bonds is 5. The third kappa shape index (κ3) is 5.19. The van der Waals surface area contributed by atoms with Crippen LogP contribution in [0.3, 0.4) is 0 Å². The van der Waals surface area contributed by atoms with Crippen LogP contribution in [0.15, 0.2) is 30.3 Å². The lowest BCUT2D eigenvalue weighted by Crippen LogP contribution is -2.49. The maximum absolute atomic E-state index is 12.1. The number of ether oxygens (including phenoxy) is 1. The van der Waals surface area contributed by atoms with Crippen molar-refractivity contribution in [1.29, 1.82) is 0 Å². The van der Waals surface area contributed by atoms with E-state index in [0.717, 1.165) is 5.56 Å². The Hall–Kier alpha value is -1.59. The summed E-state index contributed by atoms with van der Waals surface area (Å²) in [6.45, 7) is 5.37. The van der Waals surface area contributed by atoms with Gasteiger partial charge >= 0.3 is 6.09 Å². The third-order valence-electron chi connectivity index (χ3n) is 2.84. The van der Waals surface area contributed by atoms with Gasteiger partial charge in [-0.05, 0) is 26.3 Å². The normalized spacial score (nSPS) is 12.8. The summed E-state index contributed by atoms with van der Waals surface area (Å²) < 4.78 is 5.26. The van der Waals surface area contributed by atoms with E-state index in [2.05, 4.69) is 0 Å². The first-order valence-corrected chi connectivity index (χ1v) is 6.62. The molecule has 0 spiro atoms. The fourth-order valence-corrected chi connectivity index (χ4v) is 1.69. The number of aliphatic hydroxyl groups excluding tert-OH is 2. The van der Waals surface area contributed by atoms with Crippen molar-refractivity contribution in [2.24, 2.45) is 0 Å². The molecule has 2 N–H and O–H groups in total. The molecule has 1 atom stereocenters. The van der Waals surface area contributed by atoms with Crippen LogP contribution in [0.2, 0.25) is 0 Å². The zero-order valence-corrected chi connectivity index (χ0v) is 12.2. The Morgan fingerprint density at radius 3 is 2.40 bits per heavy atom. The highest BCUT2D eigenvalue weighted by Gasteiger charge is 2.29. The van der Waals surface area contributed by atoms with E-state index >= 15 is 0 Å². The molecule has 1 amide bonds. The molecule has 0 aliphatic heterocycles. The molecule has 0 aliphatic rings. The second kappa shape index (κ2) is 7.26. The molecule has 112 valence electrons. The Balaban J connectivity index is 2.64. The number of carbonyl (C=O) groups is 1. The number of benzene rings is 1. The summed E-state index contributed by atoms with van der Waals surface area (Å²) in [5.41, 5.74) is 0.404. The van der Waals surface area contributed by atoms with Crippen molar-refractivity contribution in [2.75, 3.05) is 13.2 Å². The summed E-state index contributed by atoms with van der Waals surface area (Å²) in [5, 5.41) is 18.4. The van der Waals surface area contributed by atoms with Crippen molar-refractivity contribution in [3.63, 3.8) is 0 Å². The Morgan fingerprint density at radius 2 is 1.90 bits per heavy atom. The van der Waals surface area contributed by atoms with Crippen molar-refractivity contribution in [2.45, 2.75) is 39.0 Å². The lowest BCUT2D eigenvalue weighted by atomic mass is 10.1. The standard InChI is InChI=1S/C15H23NO4/c1-15(2,3)16(9-13(18)10-17)14(19)20-11-12-7-5-4-6-8-12/h4-8,13,17-18H,9-11H2,1-3H3/t13-/m0/s1. The first kappa shape index (κ1) is 16.5. The lowest BCUT2D eigenvalue weighted by molar-refractivity contribution is 0.0159. The van der Waals surface area contributed by atoms with E-state index in [1.165, 1.54) is 4.90 Å². The van der Waals surface area contributed by atoms with Crippen molar-refractivity contribution >= 4 is 6.09 Å². The lowest BCUT2D eigenvalue weighted by Gasteiger charge is -2.35. The Kier molecular flexibility index (Phi) is 5.98. The highest BCUT2D eigenvalue weighted by atomic mass is 16.6. The SMILES string of the molecule is CC(C)(C)N(C[C@H](O)CO)C(=O)OCc1ccccc1. The Bertz CT molecular complexity index is 414. The van der Waals surface area contributed by atoms with Gasteiger partial charge in [-0.25, -0.2) is 4.79 Å². The highest BCUT2D eigenvalue weighted by molar-refractivity contribution is 5.68. The van der Waals surface area contributed by atoms with Crippen LogP contribution >= 0.6 is 0 Å². The largest absolute Gasteiger partial charge is 0.445 e. The number of hydrogen-bond acceptors (Lipinski definition) is 4. The fraction of sp³-hybridized carbons (Fsp3) is 0.533. The van der Waals surface area contributed by atoms with Crippen molar-refractivity contribution in [1.82, 2.24) is 4.90 Å². The highest BCUT2D eigenvalue weighted by Crippen LogP contribution is 2.16. The molecule has 0 radical (unpaired) electrons. The molecule has 0 saturated carbocycles. The second-order valence-corrected chi connectivity index (χ2v) is 5.66. The monoisotopic (exact) mass is 281 g/mol. The molecule has 5 heteroatoms. The van der Waals surface area contributed by atoms with E-state index in [1.807, 2.05) is 51.1 Å². The molecule has 0 aromatic heterocycles. The van der Waals surface area contributed by atoms with Gasteiger partial charge in [-0.3, -0.25) is 0 Å². The number of carbonyl (C=O) groups excluding carboxylic acids is 1. The van der Waals surface area contributed by atoms with E-state index < -0.39 is 24.3 Å². The van der Waals surface area contributed by atoms with Gasteiger partial charge in [0.1, 0.15) is 6.61 Å². The summed E-state index contributed by atoms with van der Waals surface area (Å²) in [6, 6.07) is 9.39. The summed E-state index contributed by atoms with van der Waals surface area (Å²) in [5.74, 6) is 0. The van der Waals surface area contributed by atoms with Gasteiger partial charge in [0.05, 0.1) is 19.3 Å². The Morgan fingerprint density at radius 1 is 1.30 bits per heavy atom. The summed E-state index contributed by atoms with van der Waals surface area (Å²) in [7, 11) is 0. The van der Waals surface area contributed by atoms with Gasteiger partial charge in [-0.2, -0.15) is 0 Å². The molecular weight excluding hydrogens is 258 g/mol. The predicted octanol–water partition coefficient (Wildman–Crippen LogP) is 1.78. The molecule has 1 rings (SSSR count). The molecule has 0 bridgehead atoms. The van der Waals surface area contributed by atoms with Crippen LogP contribution in [0, 0.1) is 0 Å². The zero-order valence-electron chi connectivity index (χ0n) is 12.2. The minimum atomic E-state index is -0.974. The topological polar surface area (TPSA) is 70.0 Å². The average molecular weight is 281 g/mol. The molecule has 1 aromatic rings. The minimum absolute atomic E-state index is 0.0353. The summed E-state index contributed by atoms with van der Waals surface area (Å²) in [6.07, 6.45) is -1.48. The third-order valence-corrected chi connectivity index (χ3v) is 2.84.